The highest BCUT2D eigenvalue weighted by Crippen LogP contribution is 2.50. The van der Waals surface area contributed by atoms with Gasteiger partial charge in [-0.3, -0.25) is 0 Å². The van der Waals surface area contributed by atoms with Crippen LogP contribution in [0.15, 0.2) is 218 Å². The van der Waals surface area contributed by atoms with E-state index in [4.69, 9.17) is 0 Å². The molecule has 0 saturated carbocycles. The van der Waals surface area contributed by atoms with Gasteiger partial charge in [0.25, 0.3) is 0 Å². The minimum absolute atomic E-state index is 0.0727. The van der Waals surface area contributed by atoms with Gasteiger partial charge in [0.2, 0.25) is 0 Å². The van der Waals surface area contributed by atoms with Crippen LogP contribution in [-0.2, 0) is 5.41 Å². The van der Waals surface area contributed by atoms with Crippen LogP contribution < -0.4 is 4.90 Å². The Hall–Kier alpha value is -6.96. The van der Waals surface area contributed by atoms with Crippen LogP contribution in [-0.4, -0.2) is 0 Å². The molecular formula is C57H47N. The molecule has 1 aliphatic rings. The third-order valence-electron chi connectivity index (χ3n) is 11.8. The molecule has 0 amide bonds. The SMILES string of the molecule is C/C(=C\C=C(/C)N(c1ccc(-c2ccccc2)cc1)c1ccc(-c2ccccc2-c2ccc3c(c2)C(C)(C)c2ccccc2-3)c(-c2ccccc2)c1)c1ccccc1. The van der Waals surface area contributed by atoms with E-state index >= 15 is 0 Å². The van der Waals surface area contributed by atoms with E-state index in [9.17, 15) is 0 Å². The predicted octanol–water partition coefficient (Wildman–Crippen LogP) is 15.8. The van der Waals surface area contributed by atoms with Gasteiger partial charge in [-0.25, -0.2) is 0 Å². The molecule has 0 aliphatic heterocycles. The summed E-state index contributed by atoms with van der Waals surface area (Å²) >= 11 is 0. The lowest BCUT2D eigenvalue weighted by atomic mass is 9.81. The Morgan fingerprint density at radius 2 is 0.879 bits per heavy atom. The van der Waals surface area contributed by atoms with E-state index in [0.29, 0.717) is 0 Å². The average Bonchev–Trinajstić information content (AvgIpc) is 3.52. The highest BCUT2D eigenvalue weighted by Gasteiger charge is 2.35. The molecule has 0 heterocycles. The Balaban J connectivity index is 1.18. The lowest BCUT2D eigenvalue weighted by Crippen LogP contribution is -2.15. The van der Waals surface area contributed by atoms with Crippen molar-refractivity contribution in [2.75, 3.05) is 4.90 Å². The van der Waals surface area contributed by atoms with Crippen molar-refractivity contribution in [3.8, 4) is 55.6 Å². The Labute approximate surface area is 343 Å². The molecule has 1 nitrogen and oxygen atoms in total. The smallest absolute Gasteiger partial charge is 0.0464 e. The largest absolute Gasteiger partial charge is 0.314 e. The Morgan fingerprint density at radius 1 is 0.379 bits per heavy atom. The second-order valence-corrected chi connectivity index (χ2v) is 15.8. The Morgan fingerprint density at radius 3 is 1.59 bits per heavy atom. The van der Waals surface area contributed by atoms with Crippen LogP contribution in [0.2, 0.25) is 0 Å². The summed E-state index contributed by atoms with van der Waals surface area (Å²) in [6, 6.07) is 72.8. The van der Waals surface area contributed by atoms with Gasteiger partial charge in [0, 0.05) is 22.5 Å². The van der Waals surface area contributed by atoms with Crippen molar-refractivity contribution >= 4 is 16.9 Å². The maximum absolute atomic E-state index is 2.44. The van der Waals surface area contributed by atoms with Crippen LogP contribution in [0.5, 0.6) is 0 Å². The van der Waals surface area contributed by atoms with Gasteiger partial charge in [-0.15, -0.1) is 0 Å². The maximum atomic E-state index is 2.44. The van der Waals surface area contributed by atoms with Crippen molar-refractivity contribution < 1.29 is 0 Å². The maximum Gasteiger partial charge on any atom is 0.0464 e. The lowest BCUT2D eigenvalue weighted by molar-refractivity contribution is 0.660. The van der Waals surface area contributed by atoms with Crippen molar-refractivity contribution in [1.29, 1.82) is 0 Å². The van der Waals surface area contributed by atoms with E-state index in [1.807, 2.05) is 0 Å². The first-order valence-electron chi connectivity index (χ1n) is 20.3. The zero-order chi connectivity index (χ0) is 39.6. The molecule has 0 bridgehead atoms. The highest BCUT2D eigenvalue weighted by atomic mass is 15.1. The topological polar surface area (TPSA) is 3.24 Å². The van der Waals surface area contributed by atoms with Gasteiger partial charge in [0.1, 0.15) is 0 Å². The lowest BCUT2D eigenvalue weighted by Gasteiger charge is -2.28. The van der Waals surface area contributed by atoms with E-state index in [1.165, 1.54) is 77.9 Å². The quantitative estimate of drug-likeness (QED) is 0.133. The summed E-state index contributed by atoms with van der Waals surface area (Å²) in [5.41, 5.74) is 20.8. The predicted molar refractivity (Wildman–Crippen MR) is 248 cm³/mol. The van der Waals surface area contributed by atoms with Crippen LogP contribution >= 0.6 is 0 Å². The van der Waals surface area contributed by atoms with Crippen molar-refractivity contribution in [3.05, 3.63) is 235 Å². The first-order chi connectivity index (χ1) is 28.4. The Kier molecular flexibility index (Phi) is 9.81. The van der Waals surface area contributed by atoms with Crippen molar-refractivity contribution in [3.63, 3.8) is 0 Å². The molecule has 1 heteroatoms. The zero-order valence-corrected chi connectivity index (χ0v) is 33.7. The molecule has 0 atom stereocenters. The fraction of sp³-hybridized carbons (Fsp3) is 0.0877. The molecule has 58 heavy (non-hydrogen) atoms. The van der Waals surface area contributed by atoms with Gasteiger partial charge in [-0.05, 0) is 128 Å². The van der Waals surface area contributed by atoms with Gasteiger partial charge in [0.05, 0.1) is 0 Å². The van der Waals surface area contributed by atoms with Gasteiger partial charge in [0.15, 0.2) is 0 Å². The molecule has 8 aromatic rings. The molecule has 0 radical (unpaired) electrons. The van der Waals surface area contributed by atoms with Crippen LogP contribution in [0.3, 0.4) is 0 Å². The van der Waals surface area contributed by atoms with Gasteiger partial charge in [-0.1, -0.05) is 190 Å². The number of nitrogens with zero attached hydrogens (tertiary/aromatic N) is 1. The van der Waals surface area contributed by atoms with Crippen LogP contribution in [0.25, 0.3) is 61.2 Å². The summed E-state index contributed by atoms with van der Waals surface area (Å²) in [5, 5.41) is 0. The number of rotatable bonds is 9. The number of hydrogen-bond acceptors (Lipinski definition) is 1. The fourth-order valence-electron chi connectivity index (χ4n) is 8.71. The molecule has 1 aliphatic carbocycles. The number of benzene rings is 8. The number of fused-ring (bicyclic) bond motifs is 3. The van der Waals surface area contributed by atoms with Crippen molar-refractivity contribution in [1.82, 2.24) is 0 Å². The molecule has 0 saturated heterocycles. The number of allylic oxidation sites excluding steroid dienone is 4. The van der Waals surface area contributed by atoms with Crippen LogP contribution in [0.1, 0.15) is 44.4 Å². The minimum atomic E-state index is -0.0727. The van der Waals surface area contributed by atoms with E-state index in [2.05, 4.69) is 245 Å². The fourth-order valence-corrected chi connectivity index (χ4v) is 8.71. The molecule has 9 rings (SSSR count). The standard InChI is InChI=1S/C57H47N/c1-40(42-18-8-5-9-19-42)28-29-41(2)58(47-33-30-44(31-34-47)43-20-10-6-11-21-43)48-35-37-51(54(39-48)45-22-12-7-13-23-45)50-25-15-14-24-49(50)46-32-36-53-52-26-16-17-27-55(52)57(3,4)56(53)38-46/h5-39H,1-4H3/b40-28+,41-29+. The van der Waals surface area contributed by atoms with Crippen molar-refractivity contribution in [2.45, 2.75) is 33.1 Å². The van der Waals surface area contributed by atoms with Crippen LogP contribution in [0, 0.1) is 0 Å². The van der Waals surface area contributed by atoms with E-state index in [1.54, 1.807) is 0 Å². The molecule has 0 fully saturated rings. The second kappa shape index (κ2) is 15.5. The van der Waals surface area contributed by atoms with Crippen molar-refractivity contribution in [2.24, 2.45) is 0 Å². The van der Waals surface area contributed by atoms with Gasteiger partial charge >= 0.3 is 0 Å². The third-order valence-corrected chi connectivity index (χ3v) is 11.8. The van der Waals surface area contributed by atoms with Gasteiger partial charge < -0.3 is 4.90 Å². The number of anilines is 2. The molecule has 280 valence electrons. The Bertz CT molecular complexity index is 2790. The van der Waals surface area contributed by atoms with E-state index in [-0.39, 0.29) is 5.41 Å². The molecule has 0 unspecified atom stereocenters. The zero-order valence-electron chi connectivity index (χ0n) is 33.7. The summed E-state index contributed by atoms with van der Waals surface area (Å²) in [5.74, 6) is 0. The summed E-state index contributed by atoms with van der Waals surface area (Å²) in [7, 11) is 0. The monoisotopic (exact) mass is 745 g/mol. The molecule has 0 spiro atoms. The first kappa shape index (κ1) is 36.7. The molecule has 0 aromatic heterocycles. The second-order valence-electron chi connectivity index (χ2n) is 15.8. The average molecular weight is 746 g/mol. The summed E-state index contributed by atoms with van der Waals surface area (Å²) in [6.45, 7) is 9.10. The first-order valence-corrected chi connectivity index (χ1v) is 20.3. The third kappa shape index (κ3) is 6.90. The normalized spacial score (nSPS) is 13.2. The van der Waals surface area contributed by atoms with Crippen LogP contribution in [0.4, 0.5) is 11.4 Å². The molecule has 8 aromatic carbocycles. The number of hydrogen-bond donors (Lipinski definition) is 0. The van der Waals surface area contributed by atoms with E-state index in [0.717, 1.165) is 17.1 Å². The minimum Gasteiger partial charge on any atom is -0.314 e. The summed E-state index contributed by atoms with van der Waals surface area (Å²) in [6.07, 6.45) is 4.47. The highest BCUT2D eigenvalue weighted by molar-refractivity contribution is 5.95. The molecular weight excluding hydrogens is 699 g/mol. The van der Waals surface area contributed by atoms with E-state index < -0.39 is 0 Å². The summed E-state index contributed by atoms with van der Waals surface area (Å²) < 4.78 is 0. The van der Waals surface area contributed by atoms with Gasteiger partial charge in [-0.2, -0.15) is 0 Å². The molecule has 0 N–H and O–H groups in total. The summed E-state index contributed by atoms with van der Waals surface area (Å²) in [4.78, 5) is 2.38.